The Balaban J connectivity index is 1.71. The van der Waals surface area contributed by atoms with Crippen LogP contribution in [0.3, 0.4) is 0 Å². The predicted molar refractivity (Wildman–Crippen MR) is 91.0 cm³/mol. The Kier molecular flexibility index (Phi) is 5.16. The highest BCUT2D eigenvalue weighted by atomic mass is 35.5. The van der Waals surface area contributed by atoms with Gasteiger partial charge in [-0.15, -0.1) is 0 Å². The third-order valence-corrected chi connectivity index (χ3v) is 4.60. The topological polar surface area (TPSA) is 71.1 Å². The van der Waals surface area contributed by atoms with Crippen LogP contribution in [0.2, 0.25) is 5.02 Å². The summed E-state index contributed by atoms with van der Waals surface area (Å²) in [5.74, 6) is 1.93. The van der Waals surface area contributed by atoms with Crippen LogP contribution < -0.4 is 0 Å². The summed E-state index contributed by atoms with van der Waals surface area (Å²) in [5, 5.41) is 7.80. The number of ether oxygens (including phenoxy) is 1. The molecule has 2 aromatic rings. The van der Waals surface area contributed by atoms with E-state index in [1.54, 1.807) is 7.11 Å². The third-order valence-electron chi connectivity index (χ3n) is 4.36. The first kappa shape index (κ1) is 16.9. The molecule has 6 nitrogen and oxygen atoms in total. The normalized spacial score (nSPS) is 20.5. The molecule has 1 N–H and O–H groups in total. The van der Waals surface area contributed by atoms with Gasteiger partial charge in [-0.3, -0.25) is 9.89 Å². The number of carbonyl (C=O) groups excluding carboxylic acids is 1. The van der Waals surface area contributed by atoms with Crippen LogP contribution in [0.5, 0.6) is 0 Å². The van der Waals surface area contributed by atoms with Crippen molar-refractivity contribution >= 4 is 17.5 Å². The fourth-order valence-corrected chi connectivity index (χ4v) is 3.42. The highest BCUT2D eigenvalue weighted by Gasteiger charge is 2.38. The van der Waals surface area contributed by atoms with Crippen LogP contribution >= 0.6 is 11.6 Å². The number of nitrogens with zero attached hydrogens (tertiary/aromatic N) is 3. The number of benzene rings is 1. The van der Waals surface area contributed by atoms with Crippen LogP contribution in [0.25, 0.3) is 0 Å². The highest BCUT2D eigenvalue weighted by molar-refractivity contribution is 6.30. The zero-order chi connectivity index (χ0) is 17.1. The molecule has 1 aliphatic heterocycles. The Morgan fingerprint density at radius 1 is 1.46 bits per heavy atom. The first-order chi connectivity index (χ1) is 11.6. The predicted octanol–water partition coefficient (Wildman–Crippen LogP) is 2.20. The van der Waals surface area contributed by atoms with Gasteiger partial charge in [0.1, 0.15) is 5.82 Å². The fourth-order valence-electron chi connectivity index (χ4n) is 3.21. The van der Waals surface area contributed by atoms with E-state index in [9.17, 15) is 4.79 Å². The van der Waals surface area contributed by atoms with E-state index in [-0.39, 0.29) is 17.7 Å². The summed E-state index contributed by atoms with van der Waals surface area (Å²) in [7, 11) is 1.68. The van der Waals surface area contributed by atoms with E-state index < -0.39 is 0 Å². The van der Waals surface area contributed by atoms with Gasteiger partial charge >= 0.3 is 0 Å². The van der Waals surface area contributed by atoms with Gasteiger partial charge in [0.25, 0.3) is 0 Å². The number of nitrogens with one attached hydrogen (secondary N) is 1. The van der Waals surface area contributed by atoms with Crippen LogP contribution in [0.4, 0.5) is 0 Å². The number of H-pyrrole nitrogens is 1. The number of hydrogen-bond acceptors (Lipinski definition) is 4. The van der Waals surface area contributed by atoms with Crippen molar-refractivity contribution in [3.05, 3.63) is 46.5 Å². The zero-order valence-corrected chi connectivity index (χ0v) is 14.6. The van der Waals surface area contributed by atoms with Crippen LogP contribution in [-0.2, 0) is 16.0 Å². The van der Waals surface area contributed by atoms with Gasteiger partial charge in [0, 0.05) is 37.1 Å². The van der Waals surface area contributed by atoms with Crippen molar-refractivity contribution in [3.63, 3.8) is 0 Å². The number of carbonyl (C=O) groups is 1. The van der Waals surface area contributed by atoms with Gasteiger partial charge in [-0.2, -0.15) is 5.10 Å². The van der Waals surface area contributed by atoms with Gasteiger partial charge in [-0.1, -0.05) is 23.7 Å². The van der Waals surface area contributed by atoms with Crippen LogP contribution in [0, 0.1) is 12.8 Å². The summed E-state index contributed by atoms with van der Waals surface area (Å²) >= 11 is 6.00. The second kappa shape index (κ2) is 7.32. The van der Waals surface area contributed by atoms with Gasteiger partial charge in [-0.25, -0.2) is 4.98 Å². The van der Waals surface area contributed by atoms with E-state index in [0.717, 1.165) is 17.2 Å². The number of aromatic amines is 1. The molecule has 7 heteroatoms. The molecule has 1 saturated heterocycles. The largest absolute Gasteiger partial charge is 0.384 e. The molecular formula is C17H21ClN4O2. The molecule has 0 aliphatic carbocycles. The summed E-state index contributed by atoms with van der Waals surface area (Å²) in [5.41, 5.74) is 0.924. The minimum atomic E-state index is 0.0909. The highest BCUT2D eigenvalue weighted by Crippen LogP contribution is 2.31. The van der Waals surface area contributed by atoms with E-state index >= 15 is 0 Å². The van der Waals surface area contributed by atoms with Crippen LogP contribution in [-0.4, -0.2) is 52.8 Å². The monoisotopic (exact) mass is 348 g/mol. The summed E-state index contributed by atoms with van der Waals surface area (Å²) in [6.07, 6.45) is 0.347. The van der Waals surface area contributed by atoms with Gasteiger partial charge in [0.15, 0.2) is 5.82 Å². The maximum Gasteiger partial charge on any atom is 0.227 e. The zero-order valence-electron chi connectivity index (χ0n) is 13.8. The Hall–Kier alpha value is -1.92. The maximum absolute atomic E-state index is 12.7. The van der Waals surface area contributed by atoms with Crippen molar-refractivity contribution in [2.75, 3.05) is 26.8 Å². The molecule has 0 radical (unpaired) electrons. The van der Waals surface area contributed by atoms with Crippen LogP contribution in [0.15, 0.2) is 24.3 Å². The van der Waals surface area contributed by atoms with E-state index in [2.05, 4.69) is 15.2 Å². The van der Waals surface area contributed by atoms with Gasteiger partial charge in [-0.05, 0) is 24.6 Å². The van der Waals surface area contributed by atoms with Gasteiger partial charge in [0.2, 0.25) is 5.91 Å². The number of amides is 1. The lowest BCUT2D eigenvalue weighted by Gasteiger charge is -2.16. The fraction of sp³-hybridized carbons (Fsp3) is 0.471. The number of methoxy groups -OCH3 is 1. The Bertz CT molecular complexity index is 718. The van der Waals surface area contributed by atoms with E-state index in [1.165, 1.54) is 0 Å². The maximum atomic E-state index is 12.7. The van der Waals surface area contributed by atoms with E-state index in [4.69, 9.17) is 16.3 Å². The second-order valence-electron chi connectivity index (χ2n) is 6.21. The number of rotatable bonds is 5. The Morgan fingerprint density at radius 2 is 2.29 bits per heavy atom. The van der Waals surface area contributed by atoms with Crippen molar-refractivity contribution in [2.45, 2.75) is 19.3 Å². The molecule has 1 fully saturated rings. The molecule has 1 aliphatic rings. The smallest absolute Gasteiger partial charge is 0.227 e. The second-order valence-corrected chi connectivity index (χ2v) is 6.64. The minimum Gasteiger partial charge on any atom is -0.384 e. The number of halogens is 1. The molecule has 24 heavy (non-hydrogen) atoms. The molecule has 0 saturated carbocycles. The third kappa shape index (κ3) is 3.76. The van der Waals surface area contributed by atoms with Crippen molar-refractivity contribution in [1.82, 2.24) is 20.1 Å². The van der Waals surface area contributed by atoms with E-state index in [1.807, 2.05) is 36.1 Å². The summed E-state index contributed by atoms with van der Waals surface area (Å²) in [4.78, 5) is 19.0. The quantitative estimate of drug-likeness (QED) is 0.899. The molecule has 1 aromatic heterocycles. The lowest BCUT2D eigenvalue weighted by molar-refractivity contribution is -0.129. The summed E-state index contributed by atoms with van der Waals surface area (Å²) < 4.78 is 5.33. The summed E-state index contributed by atoms with van der Waals surface area (Å²) in [6.45, 7) is 3.73. The average molecular weight is 349 g/mol. The lowest BCUT2D eigenvalue weighted by Crippen LogP contribution is -2.30. The molecule has 0 spiro atoms. The molecule has 0 bridgehead atoms. The molecule has 2 unspecified atom stereocenters. The SMILES string of the molecule is COCC1CN(C(=O)Cc2cccc(Cl)c2)CC1c1n[nH]c(C)n1. The van der Waals surface area contributed by atoms with Crippen molar-refractivity contribution < 1.29 is 9.53 Å². The molecule has 3 rings (SSSR count). The van der Waals surface area contributed by atoms with Crippen molar-refractivity contribution in [2.24, 2.45) is 5.92 Å². The first-order valence-corrected chi connectivity index (χ1v) is 8.34. The Labute approximate surface area is 146 Å². The summed E-state index contributed by atoms with van der Waals surface area (Å²) in [6, 6.07) is 7.42. The van der Waals surface area contributed by atoms with E-state index in [0.29, 0.717) is 31.1 Å². The first-order valence-electron chi connectivity index (χ1n) is 7.97. The molecule has 2 heterocycles. The number of hydrogen-bond donors (Lipinski definition) is 1. The lowest BCUT2D eigenvalue weighted by atomic mass is 9.96. The number of likely N-dealkylation sites (tertiary alicyclic amines) is 1. The van der Waals surface area contributed by atoms with Gasteiger partial charge in [0.05, 0.1) is 13.0 Å². The van der Waals surface area contributed by atoms with Crippen molar-refractivity contribution in [3.8, 4) is 0 Å². The molecular weight excluding hydrogens is 328 g/mol. The van der Waals surface area contributed by atoms with Crippen LogP contribution in [0.1, 0.15) is 23.1 Å². The molecule has 1 amide bonds. The Morgan fingerprint density at radius 3 is 2.96 bits per heavy atom. The average Bonchev–Trinajstić information content (AvgIpc) is 3.14. The number of aryl methyl sites for hydroxylation is 1. The molecule has 2 atom stereocenters. The number of aromatic nitrogens is 3. The minimum absolute atomic E-state index is 0.0909. The molecule has 1 aromatic carbocycles. The standard InChI is InChI=1S/C17H21ClN4O2/c1-11-19-17(21-20-11)15-9-22(8-13(15)10-24-2)16(23)7-12-4-3-5-14(18)6-12/h3-6,13,15H,7-10H2,1-2H3,(H,19,20,21). The molecule has 128 valence electrons. The van der Waals surface area contributed by atoms with Crippen molar-refractivity contribution in [1.29, 1.82) is 0 Å². The van der Waals surface area contributed by atoms with Gasteiger partial charge < -0.3 is 9.64 Å².